The number of fused-ring (bicyclic) bond motifs is 1. The Bertz CT molecular complexity index is 1320. The molecule has 2 aromatic carbocycles. The van der Waals surface area contributed by atoms with Crippen molar-refractivity contribution in [3.63, 3.8) is 0 Å². The predicted octanol–water partition coefficient (Wildman–Crippen LogP) is 4.31. The Morgan fingerprint density at radius 1 is 1.00 bits per heavy atom. The van der Waals surface area contributed by atoms with Gasteiger partial charge in [0.15, 0.2) is 11.6 Å². The van der Waals surface area contributed by atoms with E-state index in [0.717, 1.165) is 6.07 Å². The highest BCUT2D eigenvalue weighted by Crippen LogP contribution is 2.27. The summed E-state index contributed by atoms with van der Waals surface area (Å²) in [5.74, 6) is -1.81. The van der Waals surface area contributed by atoms with Crippen LogP contribution < -0.4 is 9.88 Å². The molecule has 0 bridgehead atoms. The lowest BCUT2D eigenvalue weighted by atomic mass is 10.1. The Morgan fingerprint density at radius 2 is 1.81 bits per heavy atom. The average molecular weight is 436 g/mol. The number of furan rings is 1. The average Bonchev–Trinajstić information content (AvgIpc) is 3.41. The molecule has 2 aromatic heterocycles. The van der Waals surface area contributed by atoms with Crippen molar-refractivity contribution in [1.29, 1.82) is 0 Å². The maximum absolute atomic E-state index is 14.5. The van der Waals surface area contributed by atoms with Crippen LogP contribution in [0.3, 0.4) is 0 Å². The molecule has 5 nitrogen and oxygen atoms in total. The molecule has 1 aliphatic heterocycles. The lowest BCUT2D eigenvalue weighted by Gasteiger charge is -2.08. The molecule has 1 N–H and O–H groups in total. The number of hydrogen-bond donors (Lipinski definition) is 1. The van der Waals surface area contributed by atoms with Crippen molar-refractivity contribution in [2.45, 2.75) is 18.9 Å². The topological polar surface area (TPSA) is 59.0 Å². The Labute approximate surface area is 181 Å². The molecule has 4 aromatic rings. The fraction of sp³-hybridized carbons (Fsp3) is 0.125. The van der Waals surface area contributed by atoms with Crippen LogP contribution in [0.15, 0.2) is 71.5 Å². The van der Waals surface area contributed by atoms with E-state index >= 15 is 0 Å². The van der Waals surface area contributed by atoms with E-state index in [4.69, 9.17) is 4.42 Å². The summed E-state index contributed by atoms with van der Waals surface area (Å²) in [6, 6.07) is 12.8. The standard InChI is InChI=1S/C24H16F3N3O2/c25-17-8-2-1-5-14(17)11-19-23-29-20(12-15-6-4-10-32-15)24(31)30(23)13-21(28-19)16-7-3-9-18(26)22(16)27/h1-10,13,20H,11-12H2/p+1. The second-order valence-electron chi connectivity index (χ2n) is 7.48. The minimum Gasteiger partial charge on any atom is -0.469 e. The summed E-state index contributed by atoms with van der Waals surface area (Å²) < 4.78 is 49.3. The number of nitrogens with one attached hydrogen (secondary N) is 1. The van der Waals surface area contributed by atoms with Crippen molar-refractivity contribution in [3.8, 4) is 11.3 Å². The molecule has 3 heterocycles. The van der Waals surface area contributed by atoms with Crippen LogP contribution in [0.4, 0.5) is 19.0 Å². The van der Waals surface area contributed by atoms with E-state index in [0.29, 0.717) is 22.8 Å². The molecule has 0 radical (unpaired) electrons. The maximum Gasteiger partial charge on any atom is 0.359 e. The zero-order valence-corrected chi connectivity index (χ0v) is 16.7. The lowest BCUT2D eigenvalue weighted by molar-refractivity contribution is -0.552. The van der Waals surface area contributed by atoms with Gasteiger partial charge in [0.2, 0.25) is 6.04 Å². The van der Waals surface area contributed by atoms with Gasteiger partial charge in [0.05, 0.1) is 12.7 Å². The van der Waals surface area contributed by atoms with Crippen molar-refractivity contribution in [3.05, 3.63) is 102 Å². The molecule has 0 aliphatic carbocycles. The predicted molar refractivity (Wildman–Crippen MR) is 109 cm³/mol. The Kier molecular flexibility index (Phi) is 4.97. The van der Waals surface area contributed by atoms with Crippen LogP contribution in [0, 0.1) is 17.5 Å². The summed E-state index contributed by atoms with van der Waals surface area (Å²) in [6.45, 7) is 0. The molecule has 1 atom stereocenters. The lowest BCUT2D eigenvalue weighted by Crippen LogP contribution is -2.44. The zero-order chi connectivity index (χ0) is 22.2. The van der Waals surface area contributed by atoms with Gasteiger partial charge in [-0.3, -0.25) is 5.32 Å². The molecule has 0 amide bonds. The van der Waals surface area contributed by atoms with Crippen molar-refractivity contribution in [2.24, 2.45) is 0 Å². The molecule has 0 spiro atoms. The monoisotopic (exact) mass is 436 g/mol. The Morgan fingerprint density at radius 3 is 2.59 bits per heavy atom. The number of nitrogens with zero attached hydrogens (tertiary/aromatic N) is 2. The first-order valence-corrected chi connectivity index (χ1v) is 9.98. The number of anilines is 1. The van der Waals surface area contributed by atoms with E-state index in [9.17, 15) is 18.0 Å². The summed E-state index contributed by atoms with van der Waals surface area (Å²) in [6.07, 6.45) is 3.23. The smallest absolute Gasteiger partial charge is 0.359 e. The van der Waals surface area contributed by atoms with E-state index in [1.807, 2.05) is 0 Å². The van der Waals surface area contributed by atoms with E-state index in [-0.39, 0.29) is 30.0 Å². The number of halogens is 3. The van der Waals surface area contributed by atoms with Crippen LogP contribution in [0.2, 0.25) is 0 Å². The third-order valence-corrected chi connectivity index (χ3v) is 5.40. The maximum atomic E-state index is 14.5. The van der Waals surface area contributed by atoms with Gasteiger partial charge in [-0.2, -0.15) is 4.57 Å². The molecule has 0 fully saturated rings. The second kappa shape index (κ2) is 7.96. The number of aromatic nitrogens is 2. The van der Waals surface area contributed by atoms with Gasteiger partial charge in [-0.05, 0) is 35.9 Å². The molecule has 5 rings (SSSR count). The Hall–Kier alpha value is -3.94. The number of rotatable bonds is 5. The minimum atomic E-state index is -1.07. The van der Waals surface area contributed by atoms with Crippen molar-refractivity contribution < 1.29 is 27.0 Å². The van der Waals surface area contributed by atoms with Crippen LogP contribution in [0.1, 0.15) is 21.8 Å². The molecular weight excluding hydrogens is 419 g/mol. The third kappa shape index (κ3) is 3.53. The van der Waals surface area contributed by atoms with Crippen LogP contribution in [0.5, 0.6) is 0 Å². The highest BCUT2D eigenvalue weighted by molar-refractivity contribution is 5.82. The van der Waals surface area contributed by atoms with Gasteiger partial charge in [0.25, 0.3) is 0 Å². The fourth-order valence-electron chi connectivity index (χ4n) is 3.82. The normalized spacial score (nSPS) is 15.0. The molecule has 160 valence electrons. The van der Waals surface area contributed by atoms with Crippen LogP contribution in [0.25, 0.3) is 11.3 Å². The number of benzene rings is 2. The van der Waals surface area contributed by atoms with E-state index in [1.54, 1.807) is 30.3 Å². The quantitative estimate of drug-likeness (QED) is 0.474. The number of carbonyl (C=O) groups is 1. The van der Waals surface area contributed by atoms with Crippen molar-refractivity contribution in [1.82, 2.24) is 4.98 Å². The SMILES string of the molecule is O=C1C(Cc2ccco2)Nc2c(Cc3ccccc3F)nc(-c3cccc(F)c3F)c[n+]21. The van der Waals surface area contributed by atoms with Crippen LogP contribution in [-0.2, 0) is 12.8 Å². The third-order valence-electron chi connectivity index (χ3n) is 5.40. The first kappa shape index (κ1) is 20.0. The van der Waals surface area contributed by atoms with Gasteiger partial charge in [0.1, 0.15) is 29.2 Å². The minimum absolute atomic E-state index is 0.0561. The second-order valence-corrected chi connectivity index (χ2v) is 7.48. The molecular formula is C24H17F3N3O2+. The van der Waals surface area contributed by atoms with E-state index in [2.05, 4.69) is 10.3 Å². The molecule has 1 aliphatic rings. The van der Waals surface area contributed by atoms with E-state index < -0.39 is 23.5 Å². The summed E-state index contributed by atoms with van der Waals surface area (Å²) in [4.78, 5) is 17.6. The van der Waals surface area contributed by atoms with Crippen molar-refractivity contribution in [2.75, 3.05) is 5.32 Å². The molecule has 1 unspecified atom stereocenters. The highest BCUT2D eigenvalue weighted by Gasteiger charge is 2.41. The summed E-state index contributed by atoms with van der Waals surface area (Å²) in [7, 11) is 0. The number of carbonyl (C=O) groups excluding carboxylic acids is 1. The highest BCUT2D eigenvalue weighted by atomic mass is 19.2. The van der Waals surface area contributed by atoms with Gasteiger partial charge in [-0.15, -0.1) is 0 Å². The number of hydrogen-bond acceptors (Lipinski definition) is 4. The van der Waals surface area contributed by atoms with Gasteiger partial charge >= 0.3 is 11.7 Å². The van der Waals surface area contributed by atoms with Gasteiger partial charge in [0, 0.05) is 12.0 Å². The largest absolute Gasteiger partial charge is 0.469 e. The molecule has 8 heteroatoms. The van der Waals surface area contributed by atoms with Crippen LogP contribution in [-0.4, -0.2) is 16.9 Å². The van der Waals surface area contributed by atoms with Gasteiger partial charge in [-0.1, -0.05) is 24.3 Å². The zero-order valence-electron chi connectivity index (χ0n) is 16.7. The first-order chi connectivity index (χ1) is 15.5. The fourth-order valence-corrected chi connectivity index (χ4v) is 3.82. The van der Waals surface area contributed by atoms with Gasteiger partial charge in [-0.25, -0.2) is 22.9 Å². The molecule has 0 saturated heterocycles. The Balaban J connectivity index is 1.61. The van der Waals surface area contributed by atoms with Crippen LogP contribution >= 0.6 is 0 Å². The molecule has 32 heavy (non-hydrogen) atoms. The summed E-state index contributed by atoms with van der Waals surface area (Å²) >= 11 is 0. The van der Waals surface area contributed by atoms with Gasteiger partial charge < -0.3 is 4.42 Å². The van der Waals surface area contributed by atoms with E-state index in [1.165, 1.54) is 35.2 Å². The molecule has 0 saturated carbocycles. The summed E-state index contributed by atoms with van der Waals surface area (Å²) in [5, 5.41) is 3.14. The summed E-state index contributed by atoms with van der Waals surface area (Å²) in [5.41, 5.74) is 0.693. The van der Waals surface area contributed by atoms with Crippen molar-refractivity contribution >= 4 is 11.7 Å². The first-order valence-electron chi connectivity index (χ1n) is 9.98.